The Balaban J connectivity index is 2.38. The number of ketones is 2. The van der Waals surface area contributed by atoms with Crippen molar-refractivity contribution in [2.45, 2.75) is 19.4 Å². The summed E-state index contributed by atoms with van der Waals surface area (Å²) in [5.74, 6) is 1.87. The monoisotopic (exact) mass is 240 g/mol. The first-order valence-corrected chi connectivity index (χ1v) is 5.58. The molecule has 0 fully saturated rings. The van der Waals surface area contributed by atoms with Crippen LogP contribution in [0.15, 0.2) is 30.9 Å². The van der Waals surface area contributed by atoms with Crippen LogP contribution in [-0.4, -0.2) is 17.7 Å². The molecule has 2 rings (SSSR count). The quantitative estimate of drug-likeness (QED) is 0.462. The van der Waals surface area contributed by atoms with E-state index in [2.05, 4.69) is 18.6 Å². The van der Waals surface area contributed by atoms with Crippen molar-refractivity contribution in [2.24, 2.45) is 0 Å². The maximum absolute atomic E-state index is 12.0. The van der Waals surface area contributed by atoms with Crippen LogP contribution in [0.4, 0.5) is 0 Å². The fraction of sp³-hybridized carbons (Fsp3) is 0.200. The lowest BCUT2D eigenvalue weighted by Gasteiger charge is -2.01. The number of Topliss-reactive ketones (excluding diaryl/α,β-unsaturated/α-hetero) is 2. The van der Waals surface area contributed by atoms with E-state index >= 15 is 0 Å². The Hall–Kier alpha value is -2.34. The third-order valence-electron chi connectivity index (χ3n) is 2.75. The summed E-state index contributed by atoms with van der Waals surface area (Å²) in [6.07, 6.45) is 3.62. The van der Waals surface area contributed by atoms with E-state index in [-0.39, 0.29) is 11.6 Å². The number of ether oxygens (including phenoxy) is 1. The van der Waals surface area contributed by atoms with Crippen molar-refractivity contribution in [3.8, 4) is 12.0 Å². The topological polar surface area (TPSA) is 43.4 Å². The van der Waals surface area contributed by atoms with Gasteiger partial charge in [-0.15, -0.1) is 6.58 Å². The molecule has 0 bridgehead atoms. The molecule has 0 saturated heterocycles. The zero-order chi connectivity index (χ0) is 13.1. The van der Waals surface area contributed by atoms with E-state index in [0.29, 0.717) is 17.5 Å². The third kappa shape index (κ3) is 1.93. The summed E-state index contributed by atoms with van der Waals surface area (Å²) in [4.78, 5) is 24.0. The van der Waals surface area contributed by atoms with Gasteiger partial charge < -0.3 is 4.74 Å². The number of allylic oxidation sites excluding steroid dienone is 1. The van der Waals surface area contributed by atoms with Crippen molar-refractivity contribution in [1.29, 1.82) is 0 Å². The molecule has 1 aliphatic carbocycles. The second kappa shape index (κ2) is 4.89. The minimum Gasteiger partial charge on any atom is -0.426 e. The van der Waals surface area contributed by atoms with Crippen LogP contribution < -0.4 is 0 Å². The molecule has 0 saturated carbocycles. The summed E-state index contributed by atoms with van der Waals surface area (Å²) in [5.41, 5.74) is 1.78. The summed E-state index contributed by atoms with van der Waals surface area (Å²) in [5, 5.41) is 0. The summed E-state index contributed by atoms with van der Waals surface area (Å²) >= 11 is 0. The van der Waals surface area contributed by atoms with Gasteiger partial charge in [0, 0.05) is 18.1 Å². The fourth-order valence-corrected chi connectivity index (χ4v) is 1.93. The molecule has 0 spiro atoms. The number of hydrogen-bond donors (Lipinski definition) is 0. The van der Waals surface area contributed by atoms with Gasteiger partial charge >= 0.3 is 0 Å². The fourth-order valence-electron chi connectivity index (χ4n) is 1.93. The minimum absolute atomic E-state index is 0.316. The van der Waals surface area contributed by atoms with Crippen LogP contribution in [0.1, 0.15) is 33.2 Å². The van der Waals surface area contributed by atoms with E-state index in [9.17, 15) is 9.59 Å². The normalized spacial score (nSPS) is 16.8. The molecule has 0 heterocycles. The minimum atomic E-state index is -1.11. The van der Waals surface area contributed by atoms with E-state index in [4.69, 9.17) is 4.74 Å². The van der Waals surface area contributed by atoms with E-state index < -0.39 is 6.10 Å². The second-order valence-electron chi connectivity index (χ2n) is 3.95. The van der Waals surface area contributed by atoms with Gasteiger partial charge in [-0.1, -0.05) is 24.1 Å². The van der Waals surface area contributed by atoms with Gasteiger partial charge in [-0.2, -0.15) is 0 Å². The molecule has 0 radical (unpaired) electrons. The first-order valence-electron chi connectivity index (χ1n) is 5.58. The first-order chi connectivity index (χ1) is 8.69. The number of rotatable bonds is 3. The molecule has 1 atom stereocenters. The standard InChI is InChI=1S/C15H12O3/c1-3-5-10-6-7-11-12(9-10)14(17)15(13(11)16)18-8-4-2/h3,6-7,9,15H,1,5H2,2H3. The van der Waals surface area contributed by atoms with Gasteiger partial charge in [0.25, 0.3) is 0 Å². The number of benzene rings is 1. The molecule has 1 aliphatic rings. The number of carbonyl (C=O) groups excluding carboxylic acids is 2. The van der Waals surface area contributed by atoms with Crippen LogP contribution in [0.5, 0.6) is 0 Å². The van der Waals surface area contributed by atoms with E-state index in [0.717, 1.165) is 5.56 Å². The number of hydrogen-bond acceptors (Lipinski definition) is 3. The predicted octanol–water partition coefficient (Wildman–Crippen LogP) is 2.16. The molecular weight excluding hydrogens is 228 g/mol. The highest BCUT2D eigenvalue weighted by Gasteiger charge is 2.40. The Morgan fingerprint density at radius 2 is 2.06 bits per heavy atom. The van der Waals surface area contributed by atoms with Crippen molar-refractivity contribution >= 4 is 11.6 Å². The Labute approximate surface area is 105 Å². The van der Waals surface area contributed by atoms with Gasteiger partial charge in [0.15, 0.2) is 0 Å². The average Bonchev–Trinajstić information content (AvgIpc) is 2.60. The molecule has 3 heteroatoms. The van der Waals surface area contributed by atoms with E-state index in [1.807, 2.05) is 6.07 Å². The van der Waals surface area contributed by atoms with Crippen LogP contribution in [0.25, 0.3) is 0 Å². The molecule has 1 unspecified atom stereocenters. The summed E-state index contributed by atoms with van der Waals surface area (Å²) in [7, 11) is 0. The molecular formula is C15H12O3. The Morgan fingerprint density at radius 1 is 1.33 bits per heavy atom. The highest BCUT2D eigenvalue weighted by atomic mass is 16.5. The second-order valence-corrected chi connectivity index (χ2v) is 3.95. The number of fused-ring (bicyclic) bond motifs is 1. The molecule has 0 aliphatic heterocycles. The lowest BCUT2D eigenvalue weighted by atomic mass is 10.0. The van der Waals surface area contributed by atoms with Crippen LogP contribution >= 0.6 is 0 Å². The van der Waals surface area contributed by atoms with E-state index in [1.165, 1.54) is 0 Å². The van der Waals surface area contributed by atoms with Gasteiger partial charge in [-0.3, -0.25) is 9.59 Å². The van der Waals surface area contributed by atoms with Gasteiger partial charge in [-0.05, 0) is 18.1 Å². The average molecular weight is 240 g/mol. The van der Waals surface area contributed by atoms with Crippen molar-refractivity contribution in [3.05, 3.63) is 47.5 Å². The van der Waals surface area contributed by atoms with Gasteiger partial charge in [0.1, 0.15) is 6.11 Å². The van der Waals surface area contributed by atoms with Crippen molar-refractivity contribution < 1.29 is 14.3 Å². The van der Waals surface area contributed by atoms with Gasteiger partial charge in [-0.25, -0.2) is 0 Å². The van der Waals surface area contributed by atoms with Crippen LogP contribution in [0.2, 0.25) is 0 Å². The Morgan fingerprint density at radius 3 is 2.72 bits per heavy atom. The zero-order valence-corrected chi connectivity index (χ0v) is 10.0. The molecule has 0 N–H and O–H groups in total. The maximum atomic E-state index is 12.0. The van der Waals surface area contributed by atoms with Crippen LogP contribution in [0.3, 0.4) is 0 Å². The molecule has 3 nitrogen and oxygen atoms in total. The van der Waals surface area contributed by atoms with Crippen molar-refractivity contribution in [3.63, 3.8) is 0 Å². The SMILES string of the molecule is C=CCc1ccc2c(c1)C(=O)C(OC#CC)C2=O. The molecule has 90 valence electrons. The molecule has 18 heavy (non-hydrogen) atoms. The molecule has 1 aromatic rings. The zero-order valence-electron chi connectivity index (χ0n) is 10.0. The van der Waals surface area contributed by atoms with E-state index in [1.54, 1.807) is 25.1 Å². The lowest BCUT2D eigenvalue weighted by molar-refractivity contribution is 0.0659. The maximum Gasteiger partial charge on any atom is 0.235 e. The van der Waals surface area contributed by atoms with Gasteiger partial charge in [0.05, 0.1) is 0 Å². The first kappa shape index (κ1) is 12.1. The van der Waals surface area contributed by atoms with Crippen LogP contribution in [0, 0.1) is 12.0 Å². The molecule has 0 amide bonds. The van der Waals surface area contributed by atoms with Crippen molar-refractivity contribution in [2.75, 3.05) is 0 Å². The predicted molar refractivity (Wildman–Crippen MR) is 67.3 cm³/mol. The van der Waals surface area contributed by atoms with Gasteiger partial charge in [0.2, 0.25) is 17.7 Å². The lowest BCUT2D eigenvalue weighted by Crippen LogP contribution is -2.23. The number of carbonyl (C=O) groups is 2. The Kier molecular flexibility index (Phi) is 3.29. The molecule has 0 aromatic heterocycles. The molecule has 1 aromatic carbocycles. The smallest absolute Gasteiger partial charge is 0.235 e. The highest BCUT2D eigenvalue weighted by molar-refractivity contribution is 6.28. The van der Waals surface area contributed by atoms with Crippen LogP contribution in [-0.2, 0) is 11.2 Å². The summed E-state index contributed by atoms with van der Waals surface area (Å²) < 4.78 is 4.98. The Bertz CT molecular complexity index is 587. The third-order valence-corrected chi connectivity index (χ3v) is 2.75. The summed E-state index contributed by atoms with van der Waals surface area (Å²) in [6.45, 7) is 5.23. The summed E-state index contributed by atoms with van der Waals surface area (Å²) in [6, 6.07) is 5.21. The highest BCUT2D eigenvalue weighted by Crippen LogP contribution is 2.25. The largest absolute Gasteiger partial charge is 0.426 e. The van der Waals surface area contributed by atoms with Crippen molar-refractivity contribution in [1.82, 2.24) is 0 Å².